The number of rotatable bonds is 10. The molecule has 2 aliphatic carbocycles. The van der Waals surface area contributed by atoms with Gasteiger partial charge in [0.15, 0.2) is 23.3 Å². The molecule has 39 heavy (non-hydrogen) atoms. The predicted molar refractivity (Wildman–Crippen MR) is 147 cm³/mol. The highest BCUT2D eigenvalue weighted by molar-refractivity contribution is 6.03. The number of halogens is 5. The van der Waals surface area contributed by atoms with Gasteiger partial charge < -0.3 is 0 Å². The largest absolute Gasteiger partial charge is 0.206 e. The van der Waals surface area contributed by atoms with Crippen molar-refractivity contribution in [3.8, 4) is 22.3 Å². The van der Waals surface area contributed by atoms with Crippen molar-refractivity contribution in [3.05, 3.63) is 81.7 Å². The summed E-state index contributed by atoms with van der Waals surface area (Å²) in [5, 5.41) is 0. The minimum Gasteiger partial charge on any atom is -0.206 e. The minimum absolute atomic E-state index is 0.0247. The van der Waals surface area contributed by atoms with E-state index in [0.717, 1.165) is 25.7 Å². The van der Waals surface area contributed by atoms with Gasteiger partial charge in [0.25, 0.3) is 0 Å². The van der Waals surface area contributed by atoms with Crippen LogP contribution in [-0.4, -0.2) is 0 Å². The molecule has 0 heterocycles. The highest BCUT2D eigenvalue weighted by Crippen LogP contribution is 2.51. The van der Waals surface area contributed by atoms with Gasteiger partial charge >= 0.3 is 0 Å². The fourth-order valence-electron chi connectivity index (χ4n) is 6.63. The molecule has 5 heteroatoms. The molecule has 0 nitrogen and oxygen atoms in total. The third-order valence-electron chi connectivity index (χ3n) is 8.92. The van der Waals surface area contributed by atoms with Gasteiger partial charge in [0, 0.05) is 11.1 Å². The maximum atomic E-state index is 15.4. The molecule has 2 aliphatic rings. The molecule has 0 aromatic heterocycles. The van der Waals surface area contributed by atoms with Crippen LogP contribution >= 0.6 is 0 Å². The van der Waals surface area contributed by atoms with Crippen molar-refractivity contribution in [2.24, 2.45) is 5.92 Å². The van der Waals surface area contributed by atoms with Crippen molar-refractivity contribution in [2.75, 3.05) is 0 Å². The molecule has 0 aliphatic heterocycles. The van der Waals surface area contributed by atoms with Gasteiger partial charge in [0.05, 0.1) is 0 Å². The van der Waals surface area contributed by atoms with Crippen LogP contribution in [0.2, 0.25) is 0 Å². The van der Waals surface area contributed by atoms with Crippen LogP contribution in [0.3, 0.4) is 0 Å². The van der Waals surface area contributed by atoms with Crippen LogP contribution in [0.15, 0.2) is 30.3 Å². The Balaban J connectivity index is 1.27. The fraction of sp³-hybridized carbons (Fsp3) is 0.471. The number of aryl methyl sites for hydroxylation is 3. The lowest BCUT2D eigenvalue weighted by Gasteiger charge is -2.29. The molecule has 0 N–H and O–H groups in total. The molecule has 0 saturated heterocycles. The monoisotopic (exact) mass is 540 g/mol. The Morgan fingerprint density at radius 2 is 1.23 bits per heavy atom. The van der Waals surface area contributed by atoms with Crippen LogP contribution in [0.4, 0.5) is 22.0 Å². The first-order valence-corrected chi connectivity index (χ1v) is 14.6. The Kier molecular flexibility index (Phi) is 8.44. The summed E-state index contributed by atoms with van der Waals surface area (Å²) in [7, 11) is 0. The van der Waals surface area contributed by atoms with Crippen molar-refractivity contribution in [1.29, 1.82) is 0 Å². The van der Waals surface area contributed by atoms with Gasteiger partial charge in [-0.1, -0.05) is 70.2 Å². The summed E-state index contributed by atoms with van der Waals surface area (Å²) in [5.74, 6) is -3.47. The van der Waals surface area contributed by atoms with Crippen molar-refractivity contribution >= 4 is 0 Å². The van der Waals surface area contributed by atoms with E-state index in [1.807, 2.05) is 6.92 Å². The smallest absolute Gasteiger partial charge is 0.167 e. The van der Waals surface area contributed by atoms with E-state index in [0.29, 0.717) is 41.0 Å². The van der Waals surface area contributed by atoms with Crippen LogP contribution in [0.25, 0.3) is 22.3 Å². The fourth-order valence-corrected chi connectivity index (χ4v) is 6.63. The van der Waals surface area contributed by atoms with Gasteiger partial charge in [-0.25, -0.2) is 22.0 Å². The third-order valence-corrected chi connectivity index (χ3v) is 8.92. The van der Waals surface area contributed by atoms with Crippen LogP contribution in [-0.2, 0) is 19.3 Å². The second-order valence-electron chi connectivity index (χ2n) is 11.5. The lowest BCUT2D eigenvalue weighted by molar-refractivity contribution is 0.297. The number of benzene rings is 3. The van der Waals surface area contributed by atoms with Crippen molar-refractivity contribution < 1.29 is 22.0 Å². The molecule has 5 rings (SSSR count). The first-order chi connectivity index (χ1) is 18.8. The van der Waals surface area contributed by atoms with Gasteiger partial charge in [0.2, 0.25) is 0 Å². The summed E-state index contributed by atoms with van der Waals surface area (Å²) in [5.41, 5.74) is 2.37. The SMILES string of the molecule is CCCCCC1CCC(c2ccc(CCc3ccc4c(c3F)-c3c-4cc(CCC)c(F)c3F)c(F)c2F)CC1. The quantitative estimate of drug-likeness (QED) is 0.139. The lowest BCUT2D eigenvalue weighted by atomic mass is 9.76. The zero-order valence-corrected chi connectivity index (χ0v) is 22.9. The Bertz CT molecular complexity index is 1350. The van der Waals surface area contributed by atoms with Gasteiger partial charge in [-0.2, -0.15) is 0 Å². The molecule has 0 radical (unpaired) electrons. The summed E-state index contributed by atoms with van der Waals surface area (Å²) in [6.45, 7) is 4.09. The maximum Gasteiger partial charge on any atom is 0.167 e. The van der Waals surface area contributed by atoms with E-state index in [1.54, 1.807) is 30.3 Å². The van der Waals surface area contributed by atoms with Crippen molar-refractivity contribution in [1.82, 2.24) is 0 Å². The molecule has 0 amide bonds. The number of hydrogen-bond donors (Lipinski definition) is 0. The first-order valence-electron chi connectivity index (χ1n) is 14.6. The topological polar surface area (TPSA) is 0 Å². The number of unbranched alkanes of at least 4 members (excludes halogenated alkanes) is 2. The summed E-state index contributed by atoms with van der Waals surface area (Å²) in [6, 6.07) is 8.25. The summed E-state index contributed by atoms with van der Waals surface area (Å²) in [6.07, 6.45) is 10.1. The second-order valence-corrected chi connectivity index (χ2v) is 11.5. The standard InChI is InChI=1S/C34H37F5/c1-3-5-6-8-20-9-11-21(12-10-20)25-17-15-23(31(36)33(25)38)14-13-22-16-18-26-27-19-24(7-4-2)32(37)34(39)29(27)28(26)30(22)35/h15-21H,3-14H2,1-2H3. The Hall–Kier alpha value is -2.69. The van der Waals surface area contributed by atoms with Crippen molar-refractivity contribution in [3.63, 3.8) is 0 Å². The molecule has 1 saturated carbocycles. The molecule has 1 fully saturated rings. The average Bonchev–Trinajstić information content (AvgIpc) is 2.92. The molecular formula is C34H37F5. The normalized spacial score (nSPS) is 18.0. The van der Waals surface area contributed by atoms with Gasteiger partial charge in [-0.15, -0.1) is 0 Å². The molecule has 3 aromatic rings. The first kappa shape index (κ1) is 27.9. The molecule has 3 aromatic carbocycles. The van der Waals surface area contributed by atoms with Gasteiger partial charge in [-0.3, -0.25) is 0 Å². The molecular weight excluding hydrogens is 503 g/mol. The van der Waals surface area contributed by atoms with E-state index in [1.165, 1.54) is 25.7 Å². The van der Waals surface area contributed by atoms with Crippen molar-refractivity contribution in [2.45, 2.75) is 96.8 Å². The predicted octanol–water partition coefficient (Wildman–Crippen LogP) is 10.6. The molecule has 0 spiro atoms. The van der Waals surface area contributed by atoms with E-state index < -0.39 is 29.1 Å². The van der Waals surface area contributed by atoms with Gasteiger partial charge in [0.1, 0.15) is 5.82 Å². The van der Waals surface area contributed by atoms with Crippen LogP contribution in [0.5, 0.6) is 0 Å². The summed E-state index contributed by atoms with van der Waals surface area (Å²) >= 11 is 0. The average molecular weight is 541 g/mol. The summed E-state index contributed by atoms with van der Waals surface area (Å²) < 4.78 is 75.0. The van der Waals surface area contributed by atoms with Crippen LogP contribution in [0, 0.1) is 35.0 Å². The Morgan fingerprint density at radius 3 is 1.92 bits per heavy atom. The van der Waals surface area contributed by atoms with Crippen LogP contribution in [0.1, 0.15) is 99.8 Å². The highest BCUT2D eigenvalue weighted by Gasteiger charge is 2.33. The Morgan fingerprint density at radius 1 is 0.590 bits per heavy atom. The molecule has 0 atom stereocenters. The number of fused-ring (bicyclic) bond motifs is 4. The molecule has 0 bridgehead atoms. The maximum absolute atomic E-state index is 15.4. The lowest BCUT2D eigenvalue weighted by Crippen LogP contribution is -2.15. The minimum atomic E-state index is -1.02. The molecule has 0 unspecified atom stereocenters. The molecule has 208 valence electrons. The van der Waals surface area contributed by atoms with E-state index in [-0.39, 0.29) is 41.0 Å². The van der Waals surface area contributed by atoms with E-state index >= 15 is 13.2 Å². The zero-order chi connectivity index (χ0) is 27.7. The third kappa shape index (κ3) is 5.26. The highest BCUT2D eigenvalue weighted by atomic mass is 19.2. The van der Waals surface area contributed by atoms with E-state index in [4.69, 9.17) is 0 Å². The van der Waals surface area contributed by atoms with E-state index in [9.17, 15) is 8.78 Å². The van der Waals surface area contributed by atoms with E-state index in [2.05, 4.69) is 6.92 Å². The number of hydrogen-bond acceptors (Lipinski definition) is 0. The zero-order valence-electron chi connectivity index (χ0n) is 22.9. The van der Waals surface area contributed by atoms with Crippen LogP contribution < -0.4 is 0 Å². The summed E-state index contributed by atoms with van der Waals surface area (Å²) in [4.78, 5) is 0. The van der Waals surface area contributed by atoms with Gasteiger partial charge in [-0.05, 0) is 96.2 Å². The Labute approximate surface area is 228 Å². The second kappa shape index (κ2) is 11.8.